The molecule has 1 aromatic heterocycles. The van der Waals surface area contributed by atoms with Crippen molar-refractivity contribution in [1.82, 2.24) is 4.98 Å². The molecule has 9 heteroatoms. The second-order valence-corrected chi connectivity index (χ2v) is 8.12. The average Bonchev–Trinajstić information content (AvgIpc) is 2.96. The van der Waals surface area contributed by atoms with E-state index in [0.29, 0.717) is 10.2 Å². The number of halogens is 2. The van der Waals surface area contributed by atoms with Crippen LogP contribution in [-0.2, 0) is 15.0 Å². The van der Waals surface area contributed by atoms with Gasteiger partial charge in [-0.1, -0.05) is 22.9 Å². The van der Waals surface area contributed by atoms with Gasteiger partial charge in [0.05, 0.1) is 16.0 Å². The molecule has 1 unspecified atom stereocenters. The summed E-state index contributed by atoms with van der Waals surface area (Å²) in [5.74, 6) is -1.42. The molecule has 1 saturated heterocycles. The number of aryl methyl sites for hydroxylation is 1. The highest BCUT2D eigenvalue weighted by Crippen LogP contribution is 2.36. The molecule has 2 aromatic rings. The minimum absolute atomic E-state index is 0.0127. The molecule has 1 fully saturated rings. The van der Waals surface area contributed by atoms with Gasteiger partial charge >= 0.3 is 10.2 Å². The largest absolute Gasteiger partial charge is 0.302 e. The molecular formula is C13H12ClFN2O3S2. The van der Waals surface area contributed by atoms with E-state index in [4.69, 9.17) is 11.6 Å². The SMILES string of the molecule is Cc1c(Cl)ccc2sc(N3CC(CS(=O)(=O)F)CC3=O)nc12. The van der Waals surface area contributed by atoms with Crippen LogP contribution in [0.25, 0.3) is 10.2 Å². The van der Waals surface area contributed by atoms with E-state index < -0.39 is 21.9 Å². The summed E-state index contributed by atoms with van der Waals surface area (Å²) < 4.78 is 35.1. The standard InChI is InChI=1S/C13H12ClFN2O3S2/c1-7-9(14)2-3-10-12(7)16-13(21-10)17-5-8(4-11(17)18)6-22(15,19)20/h2-3,8H,4-6H2,1H3. The van der Waals surface area contributed by atoms with Crippen LogP contribution in [-0.4, -0.2) is 31.6 Å². The summed E-state index contributed by atoms with van der Waals surface area (Å²) in [7, 11) is -4.59. The Kier molecular flexibility index (Phi) is 3.86. The van der Waals surface area contributed by atoms with Gasteiger partial charge in [0.1, 0.15) is 0 Å². The lowest BCUT2D eigenvalue weighted by atomic mass is 10.1. The predicted octanol–water partition coefficient (Wildman–Crippen LogP) is 2.91. The Hall–Kier alpha value is -1.25. The Bertz CT molecular complexity index is 866. The number of amides is 1. The van der Waals surface area contributed by atoms with E-state index in [1.807, 2.05) is 13.0 Å². The van der Waals surface area contributed by atoms with Gasteiger partial charge < -0.3 is 0 Å². The van der Waals surface area contributed by atoms with Crippen LogP contribution in [0.1, 0.15) is 12.0 Å². The van der Waals surface area contributed by atoms with Gasteiger partial charge in [0.15, 0.2) is 5.13 Å². The van der Waals surface area contributed by atoms with Crippen molar-refractivity contribution in [2.45, 2.75) is 13.3 Å². The van der Waals surface area contributed by atoms with E-state index in [0.717, 1.165) is 15.8 Å². The van der Waals surface area contributed by atoms with Crippen LogP contribution >= 0.6 is 22.9 Å². The van der Waals surface area contributed by atoms with Crippen LogP contribution in [0.3, 0.4) is 0 Å². The minimum atomic E-state index is -4.59. The van der Waals surface area contributed by atoms with Crippen LogP contribution < -0.4 is 4.90 Å². The highest BCUT2D eigenvalue weighted by Gasteiger charge is 2.35. The first-order valence-electron chi connectivity index (χ1n) is 6.53. The lowest BCUT2D eigenvalue weighted by Crippen LogP contribution is -2.25. The van der Waals surface area contributed by atoms with Crippen LogP contribution in [0.2, 0.25) is 5.02 Å². The number of carbonyl (C=O) groups is 1. The summed E-state index contributed by atoms with van der Waals surface area (Å²) in [5.41, 5.74) is 1.55. The molecule has 1 aliphatic heterocycles. The third-order valence-corrected chi connectivity index (χ3v) is 5.93. The van der Waals surface area contributed by atoms with Gasteiger partial charge in [-0.25, -0.2) is 4.98 Å². The van der Waals surface area contributed by atoms with E-state index in [9.17, 15) is 17.1 Å². The normalized spacial score (nSPS) is 19.3. The molecule has 0 N–H and O–H groups in total. The number of nitrogens with zero attached hydrogens (tertiary/aromatic N) is 2. The van der Waals surface area contributed by atoms with E-state index in [1.54, 1.807) is 6.07 Å². The van der Waals surface area contributed by atoms with Crippen LogP contribution in [0.5, 0.6) is 0 Å². The monoisotopic (exact) mass is 362 g/mol. The van der Waals surface area contributed by atoms with Crippen molar-refractivity contribution in [2.24, 2.45) is 5.92 Å². The number of rotatable bonds is 3. The minimum Gasteiger partial charge on any atom is -0.288 e. The van der Waals surface area contributed by atoms with Gasteiger partial charge in [0.2, 0.25) is 5.91 Å². The van der Waals surface area contributed by atoms with Crippen molar-refractivity contribution in [2.75, 3.05) is 17.2 Å². The van der Waals surface area contributed by atoms with E-state index in [-0.39, 0.29) is 18.9 Å². The number of anilines is 1. The van der Waals surface area contributed by atoms with E-state index in [2.05, 4.69) is 4.98 Å². The first-order valence-corrected chi connectivity index (χ1v) is 9.27. The van der Waals surface area contributed by atoms with Gasteiger partial charge in [-0.3, -0.25) is 9.69 Å². The summed E-state index contributed by atoms with van der Waals surface area (Å²) in [6.07, 6.45) is 0.0127. The van der Waals surface area contributed by atoms with Crippen LogP contribution in [0.15, 0.2) is 12.1 Å². The summed E-state index contributed by atoms with van der Waals surface area (Å²) in [6.45, 7) is 2.01. The first kappa shape index (κ1) is 15.6. The zero-order valence-electron chi connectivity index (χ0n) is 11.5. The molecule has 2 heterocycles. The lowest BCUT2D eigenvalue weighted by molar-refractivity contribution is -0.117. The predicted molar refractivity (Wildman–Crippen MR) is 84.7 cm³/mol. The Morgan fingerprint density at radius 2 is 2.23 bits per heavy atom. The zero-order chi connectivity index (χ0) is 16.1. The third kappa shape index (κ3) is 2.95. The molecule has 0 radical (unpaired) electrons. The quantitative estimate of drug-likeness (QED) is 0.787. The molecule has 5 nitrogen and oxygen atoms in total. The van der Waals surface area contributed by atoms with Crippen molar-refractivity contribution < 1.29 is 17.1 Å². The maximum atomic E-state index is 12.8. The number of carbonyl (C=O) groups excluding carboxylic acids is 1. The lowest BCUT2D eigenvalue weighted by Gasteiger charge is -2.11. The number of thiazole rings is 1. The summed E-state index contributed by atoms with van der Waals surface area (Å²) in [4.78, 5) is 17.9. The van der Waals surface area contributed by atoms with Crippen LogP contribution in [0, 0.1) is 12.8 Å². The highest BCUT2D eigenvalue weighted by atomic mass is 35.5. The summed E-state index contributed by atoms with van der Waals surface area (Å²) in [5, 5.41) is 1.09. The second-order valence-electron chi connectivity index (χ2n) is 5.30. The van der Waals surface area contributed by atoms with Crippen molar-refractivity contribution in [1.29, 1.82) is 0 Å². The van der Waals surface area contributed by atoms with Gasteiger partial charge in [0, 0.05) is 23.9 Å². The second kappa shape index (κ2) is 5.43. The fourth-order valence-electron chi connectivity index (χ4n) is 2.56. The topological polar surface area (TPSA) is 67.3 Å². The molecular weight excluding hydrogens is 351 g/mol. The van der Waals surface area contributed by atoms with Gasteiger partial charge in [-0.2, -0.15) is 8.42 Å². The van der Waals surface area contributed by atoms with Crippen molar-refractivity contribution in [3.8, 4) is 0 Å². The molecule has 1 atom stereocenters. The fourth-order valence-corrected chi connectivity index (χ4v) is 4.55. The maximum Gasteiger partial charge on any atom is 0.302 e. The number of hydrogen-bond acceptors (Lipinski definition) is 5. The fraction of sp³-hybridized carbons (Fsp3) is 0.385. The molecule has 22 heavy (non-hydrogen) atoms. The van der Waals surface area contributed by atoms with Gasteiger partial charge in [-0.15, -0.1) is 3.89 Å². The Balaban J connectivity index is 1.91. The Morgan fingerprint density at radius 3 is 2.91 bits per heavy atom. The molecule has 1 aliphatic rings. The number of aromatic nitrogens is 1. The van der Waals surface area contributed by atoms with Crippen LogP contribution in [0.4, 0.5) is 9.02 Å². The molecule has 3 rings (SSSR count). The Morgan fingerprint density at radius 1 is 1.50 bits per heavy atom. The van der Waals surface area contributed by atoms with Crippen molar-refractivity contribution >= 4 is 54.4 Å². The van der Waals surface area contributed by atoms with Crippen molar-refractivity contribution in [3.05, 3.63) is 22.7 Å². The number of benzene rings is 1. The average molecular weight is 363 g/mol. The highest BCUT2D eigenvalue weighted by molar-refractivity contribution is 7.86. The summed E-state index contributed by atoms with van der Waals surface area (Å²) in [6, 6.07) is 3.60. The van der Waals surface area contributed by atoms with E-state index in [1.165, 1.54) is 16.2 Å². The van der Waals surface area contributed by atoms with E-state index >= 15 is 0 Å². The van der Waals surface area contributed by atoms with Gasteiger partial charge in [-0.05, 0) is 24.6 Å². The molecule has 1 amide bonds. The molecule has 0 spiro atoms. The van der Waals surface area contributed by atoms with Crippen molar-refractivity contribution in [3.63, 3.8) is 0 Å². The number of hydrogen-bond donors (Lipinski definition) is 0. The summed E-state index contributed by atoms with van der Waals surface area (Å²) >= 11 is 7.39. The molecule has 0 aliphatic carbocycles. The third-order valence-electron chi connectivity index (χ3n) is 3.61. The molecule has 118 valence electrons. The molecule has 1 aromatic carbocycles. The first-order chi connectivity index (χ1) is 10.2. The smallest absolute Gasteiger partial charge is 0.288 e. The molecule has 0 saturated carbocycles. The Labute approximate surface area is 135 Å². The maximum absolute atomic E-state index is 12.8. The van der Waals surface area contributed by atoms with Gasteiger partial charge in [0.25, 0.3) is 0 Å². The number of fused-ring (bicyclic) bond motifs is 1. The molecule has 0 bridgehead atoms. The zero-order valence-corrected chi connectivity index (χ0v) is 13.9.